The lowest BCUT2D eigenvalue weighted by atomic mass is 10.2. The Hall–Kier alpha value is -3.31. The molecule has 0 radical (unpaired) electrons. The topological polar surface area (TPSA) is 143 Å². The maximum atomic E-state index is 12.2. The minimum absolute atomic E-state index is 0.0197. The summed E-state index contributed by atoms with van der Waals surface area (Å²) in [5.74, 6) is -0.616. The van der Waals surface area contributed by atoms with Crippen molar-refractivity contribution >= 4 is 27.6 Å². The summed E-state index contributed by atoms with van der Waals surface area (Å²) in [7, 11) is 0.0714. The molecule has 3 N–H and O–H groups in total. The zero-order chi connectivity index (χ0) is 21.6. The molecular weight excluding hydrogens is 404 g/mol. The predicted molar refractivity (Wildman–Crippen MR) is 103 cm³/mol. The molecule has 156 valence electrons. The van der Waals surface area contributed by atoms with E-state index in [-0.39, 0.29) is 16.2 Å². The highest BCUT2D eigenvalue weighted by atomic mass is 32.2. The Morgan fingerprint density at radius 1 is 0.966 bits per heavy atom. The Morgan fingerprint density at radius 2 is 1.59 bits per heavy atom. The third kappa shape index (κ3) is 5.83. The highest BCUT2D eigenvalue weighted by molar-refractivity contribution is 7.89. The summed E-state index contributed by atoms with van der Waals surface area (Å²) in [6.07, 6.45) is 0. The van der Waals surface area contributed by atoms with Crippen LogP contribution in [-0.4, -0.2) is 48.2 Å². The van der Waals surface area contributed by atoms with E-state index in [1.807, 2.05) is 0 Å². The number of carbonyl (C=O) groups excluding carboxylic acids is 2. The van der Waals surface area contributed by atoms with Gasteiger partial charge in [-0.05, 0) is 18.2 Å². The van der Waals surface area contributed by atoms with E-state index in [1.165, 1.54) is 33.5 Å². The number of hydrogen-bond donors (Lipinski definition) is 2. The number of carbonyl (C=O) groups is 2. The smallest absolute Gasteiger partial charge is 0.338 e. The van der Waals surface area contributed by atoms with Crippen LogP contribution >= 0.6 is 0 Å². The number of nitrogens with two attached hydrogens (primary N) is 1. The number of sulfonamides is 1. The molecular formula is C18H20N2O8S. The van der Waals surface area contributed by atoms with Gasteiger partial charge in [0.25, 0.3) is 5.91 Å². The molecule has 2 rings (SSSR count). The summed E-state index contributed by atoms with van der Waals surface area (Å²) in [5.41, 5.74) is 0.272. The zero-order valence-electron chi connectivity index (χ0n) is 15.9. The molecule has 0 aliphatic carbocycles. The Balaban J connectivity index is 2.07. The van der Waals surface area contributed by atoms with Crippen LogP contribution < -0.4 is 24.7 Å². The third-order valence-corrected chi connectivity index (χ3v) is 4.61. The fourth-order valence-corrected chi connectivity index (χ4v) is 3.04. The fourth-order valence-electron chi connectivity index (χ4n) is 2.32. The molecule has 2 aromatic carbocycles. The lowest BCUT2D eigenvalue weighted by Gasteiger charge is -2.11. The van der Waals surface area contributed by atoms with Gasteiger partial charge in [0.15, 0.2) is 6.61 Å². The lowest BCUT2D eigenvalue weighted by molar-refractivity contribution is -0.119. The van der Waals surface area contributed by atoms with Crippen molar-refractivity contribution in [3.63, 3.8) is 0 Å². The van der Waals surface area contributed by atoms with E-state index in [2.05, 4.69) is 5.32 Å². The van der Waals surface area contributed by atoms with Gasteiger partial charge in [-0.1, -0.05) is 0 Å². The molecule has 11 heteroatoms. The van der Waals surface area contributed by atoms with Crippen molar-refractivity contribution in [1.29, 1.82) is 0 Å². The number of hydrogen-bond acceptors (Lipinski definition) is 8. The first kappa shape index (κ1) is 22.0. The van der Waals surface area contributed by atoms with E-state index in [1.54, 1.807) is 18.2 Å². The minimum atomic E-state index is -4.12. The Labute approximate surface area is 167 Å². The first-order valence-corrected chi connectivity index (χ1v) is 9.63. The fraction of sp³-hybridized carbons (Fsp3) is 0.222. The normalized spacial score (nSPS) is 10.8. The first-order valence-electron chi connectivity index (χ1n) is 8.08. The number of rotatable bonds is 8. The van der Waals surface area contributed by atoms with Crippen molar-refractivity contribution in [2.24, 2.45) is 5.14 Å². The van der Waals surface area contributed by atoms with Gasteiger partial charge in [0.05, 0.1) is 26.9 Å². The van der Waals surface area contributed by atoms with Crippen LogP contribution in [0.25, 0.3) is 0 Å². The zero-order valence-corrected chi connectivity index (χ0v) is 16.7. The minimum Gasteiger partial charge on any atom is -0.497 e. The van der Waals surface area contributed by atoms with Crippen molar-refractivity contribution in [3.05, 3.63) is 42.0 Å². The summed E-state index contributed by atoms with van der Waals surface area (Å²) in [5, 5.41) is 7.65. The molecule has 29 heavy (non-hydrogen) atoms. The second kappa shape index (κ2) is 9.26. The van der Waals surface area contributed by atoms with Gasteiger partial charge in [-0.25, -0.2) is 18.4 Å². The number of ether oxygens (including phenoxy) is 4. The number of amides is 1. The lowest BCUT2D eigenvalue weighted by Crippen LogP contribution is -2.21. The van der Waals surface area contributed by atoms with Crippen LogP contribution in [0.2, 0.25) is 0 Å². The van der Waals surface area contributed by atoms with E-state index in [9.17, 15) is 18.0 Å². The van der Waals surface area contributed by atoms with Gasteiger partial charge in [0.2, 0.25) is 10.0 Å². The maximum absolute atomic E-state index is 12.2. The number of primary sulfonamides is 1. The Bertz CT molecular complexity index is 998. The molecule has 0 aliphatic heterocycles. The van der Waals surface area contributed by atoms with Crippen molar-refractivity contribution in [2.45, 2.75) is 4.90 Å². The van der Waals surface area contributed by atoms with Gasteiger partial charge < -0.3 is 24.3 Å². The van der Waals surface area contributed by atoms with E-state index in [4.69, 9.17) is 24.1 Å². The molecule has 2 aromatic rings. The van der Waals surface area contributed by atoms with Crippen LogP contribution in [0, 0.1) is 0 Å². The molecule has 0 atom stereocenters. The molecule has 0 aromatic heterocycles. The van der Waals surface area contributed by atoms with Crippen LogP contribution in [-0.2, 0) is 19.6 Å². The van der Waals surface area contributed by atoms with Gasteiger partial charge in [0, 0.05) is 23.9 Å². The van der Waals surface area contributed by atoms with Crippen molar-refractivity contribution in [3.8, 4) is 17.2 Å². The van der Waals surface area contributed by atoms with Crippen LogP contribution in [0.5, 0.6) is 17.2 Å². The van der Waals surface area contributed by atoms with Crippen molar-refractivity contribution in [1.82, 2.24) is 0 Å². The van der Waals surface area contributed by atoms with Crippen molar-refractivity contribution in [2.75, 3.05) is 33.3 Å². The highest BCUT2D eigenvalue weighted by Gasteiger charge is 2.19. The second-order valence-electron chi connectivity index (χ2n) is 5.64. The molecule has 0 unspecified atom stereocenters. The first-order chi connectivity index (χ1) is 13.7. The molecule has 0 bridgehead atoms. The summed E-state index contributed by atoms with van der Waals surface area (Å²) in [6.45, 7) is -0.602. The molecule has 0 spiro atoms. The number of benzene rings is 2. The van der Waals surface area contributed by atoms with Gasteiger partial charge in [0.1, 0.15) is 22.1 Å². The van der Waals surface area contributed by atoms with Gasteiger partial charge in [-0.3, -0.25) is 4.79 Å². The van der Waals surface area contributed by atoms with Crippen LogP contribution in [0.1, 0.15) is 10.4 Å². The van der Waals surface area contributed by atoms with Gasteiger partial charge in [-0.2, -0.15) is 0 Å². The molecule has 0 aliphatic rings. The standard InChI is InChI=1S/C18H20N2O8S/c1-25-13-7-12(8-14(9-13)26-2)20-17(21)10-28-18(22)11-4-5-15(27-3)16(6-11)29(19,23)24/h4-9H,10H2,1-3H3,(H,20,21)(H2,19,23,24). The maximum Gasteiger partial charge on any atom is 0.338 e. The van der Waals surface area contributed by atoms with Crippen LogP contribution in [0.15, 0.2) is 41.3 Å². The Morgan fingerprint density at radius 3 is 2.10 bits per heavy atom. The Kier molecular flexibility index (Phi) is 7.02. The van der Waals surface area contributed by atoms with E-state index in [0.717, 1.165) is 6.07 Å². The van der Waals surface area contributed by atoms with E-state index in [0.29, 0.717) is 17.2 Å². The van der Waals surface area contributed by atoms with Crippen molar-refractivity contribution < 1.29 is 37.0 Å². The number of esters is 1. The van der Waals surface area contributed by atoms with Crippen LogP contribution in [0.4, 0.5) is 5.69 Å². The third-order valence-electron chi connectivity index (χ3n) is 3.68. The van der Waals surface area contributed by atoms with Gasteiger partial charge >= 0.3 is 5.97 Å². The summed E-state index contributed by atoms with van der Waals surface area (Å²) in [4.78, 5) is 23.9. The average molecular weight is 424 g/mol. The molecule has 10 nitrogen and oxygen atoms in total. The summed E-state index contributed by atoms with van der Waals surface area (Å²) >= 11 is 0. The summed E-state index contributed by atoms with van der Waals surface area (Å²) in [6, 6.07) is 8.32. The summed E-state index contributed by atoms with van der Waals surface area (Å²) < 4.78 is 43.3. The predicted octanol–water partition coefficient (Wildman–Crippen LogP) is 1.16. The molecule has 0 saturated heterocycles. The molecule has 0 heterocycles. The van der Waals surface area contributed by atoms with E-state index < -0.39 is 28.5 Å². The van der Waals surface area contributed by atoms with Crippen LogP contribution in [0.3, 0.4) is 0 Å². The molecule has 0 fully saturated rings. The van der Waals surface area contributed by atoms with E-state index >= 15 is 0 Å². The average Bonchev–Trinajstić information content (AvgIpc) is 2.70. The molecule has 0 saturated carbocycles. The van der Waals surface area contributed by atoms with Gasteiger partial charge in [-0.15, -0.1) is 0 Å². The number of nitrogens with one attached hydrogen (secondary N) is 1. The molecule has 1 amide bonds. The monoisotopic (exact) mass is 424 g/mol. The SMILES string of the molecule is COc1cc(NC(=O)COC(=O)c2ccc(OC)c(S(N)(=O)=O)c2)cc(OC)c1. The quantitative estimate of drug-likeness (QED) is 0.601. The highest BCUT2D eigenvalue weighted by Crippen LogP contribution is 2.26. The number of methoxy groups -OCH3 is 3. The number of anilines is 1. The second-order valence-corrected chi connectivity index (χ2v) is 7.17. The largest absolute Gasteiger partial charge is 0.497 e.